The van der Waals surface area contributed by atoms with E-state index in [2.05, 4.69) is 51.2 Å². The van der Waals surface area contributed by atoms with Gasteiger partial charge in [-0.15, -0.1) is 0 Å². The number of aryl methyl sites for hydroxylation is 3. The lowest BCUT2D eigenvalue weighted by molar-refractivity contribution is 0.197. The van der Waals surface area contributed by atoms with E-state index in [9.17, 15) is 4.39 Å². The third kappa shape index (κ3) is 4.02. The average Bonchev–Trinajstić information content (AvgIpc) is 3.23. The van der Waals surface area contributed by atoms with Gasteiger partial charge in [0, 0.05) is 24.7 Å². The number of benzene rings is 2. The minimum atomic E-state index is -0.189. The van der Waals surface area contributed by atoms with Crippen molar-refractivity contribution in [3.63, 3.8) is 0 Å². The molecule has 0 bridgehead atoms. The van der Waals surface area contributed by atoms with Crippen molar-refractivity contribution in [2.45, 2.75) is 46.1 Å². The van der Waals surface area contributed by atoms with Crippen molar-refractivity contribution in [1.82, 2.24) is 24.5 Å². The summed E-state index contributed by atoms with van der Waals surface area (Å²) in [7, 11) is 0. The third-order valence-electron chi connectivity index (χ3n) is 6.57. The topological polar surface area (TPSA) is 46.3 Å². The number of halogens is 1. The number of piperidine rings is 1. The molecular formula is C26H28FN5. The van der Waals surface area contributed by atoms with E-state index < -0.39 is 0 Å². The third-order valence-corrected chi connectivity index (χ3v) is 6.57. The molecule has 1 atom stereocenters. The Morgan fingerprint density at radius 1 is 1.03 bits per heavy atom. The van der Waals surface area contributed by atoms with E-state index in [1.807, 2.05) is 24.4 Å². The molecule has 0 saturated carbocycles. The lowest BCUT2D eigenvalue weighted by atomic mass is 9.92. The maximum atomic E-state index is 13.6. The summed E-state index contributed by atoms with van der Waals surface area (Å²) in [6.07, 6.45) is 3.87. The first-order valence-corrected chi connectivity index (χ1v) is 11.2. The summed E-state index contributed by atoms with van der Waals surface area (Å²) < 4.78 is 15.5. The van der Waals surface area contributed by atoms with Gasteiger partial charge < -0.3 is 0 Å². The molecule has 6 heteroatoms. The van der Waals surface area contributed by atoms with Crippen molar-refractivity contribution < 1.29 is 4.39 Å². The molecule has 1 unspecified atom stereocenters. The SMILES string of the molecule is Cc1cc(C2CCCN(Cc3cc(-c4ccc(F)cc4C)ccc3C)C2)n2ncnc2n1. The predicted molar refractivity (Wildman–Crippen MR) is 124 cm³/mol. The van der Waals surface area contributed by atoms with E-state index in [0.29, 0.717) is 11.7 Å². The summed E-state index contributed by atoms with van der Waals surface area (Å²) in [6, 6.07) is 13.8. The molecule has 5 rings (SSSR count). The highest BCUT2D eigenvalue weighted by Crippen LogP contribution is 2.30. The normalized spacial score (nSPS) is 17.2. The van der Waals surface area contributed by atoms with E-state index in [1.165, 1.54) is 16.8 Å². The van der Waals surface area contributed by atoms with Crippen LogP contribution in [0.25, 0.3) is 16.9 Å². The van der Waals surface area contributed by atoms with Gasteiger partial charge in [0.2, 0.25) is 0 Å². The Hall–Kier alpha value is -3.12. The standard InChI is InChI=1S/C26H28FN5/c1-17-6-7-20(24-9-8-23(27)11-18(24)2)13-22(17)15-31-10-4-5-21(14-31)25-12-19(3)30-26-28-16-29-32(25)26/h6-9,11-13,16,21H,4-5,10,14-15H2,1-3H3. The van der Waals surface area contributed by atoms with Crippen molar-refractivity contribution in [2.75, 3.05) is 13.1 Å². The van der Waals surface area contributed by atoms with Crippen LogP contribution in [0.5, 0.6) is 0 Å². The van der Waals surface area contributed by atoms with Crippen molar-refractivity contribution in [1.29, 1.82) is 0 Å². The van der Waals surface area contributed by atoms with Gasteiger partial charge in [-0.1, -0.05) is 18.2 Å². The van der Waals surface area contributed by atoms with Crippen LogP contribution in [0.3, 0.4) is 0 Å². The highest BCUT2D eigenvalue weighted by atomic mass is 19.1. The summed E-state index contributed by atoms with van der Waals surface area (Å²) in [5.41, 5.74) is 7.98. The first-order valence-electron chi connectivity index (χ1n) is 11.2. The first-order chi connectivity index (χ1) is 15.5. The Labute approximate surface area is 187 Å². The van der Waals surface area contributed by atoms with E-state index in [-0.39, 0.29) is 5.82 Å². The number of aromatic nitrogens is 4. The van der Waals surface area contributed by atoms with Crippen LogP contribution in [0.1, 0.15) is 46.8 Å². The number of hydrogen-bond donors (Lipinski definition) is 0. The maximum Gasteiger partial charge on any atom is 0.252 e. The van der Waals surface area contributed by atoms with Gasteiger partial charge in [-0.3, -0.25) is 4.90 Å². The quantitative estimate of drug-likeness (QED) is 0.445. The van der Waals surface area contributed by atoms with Crippen LogP contribution in [0, 0.1) is 26.6 Å². The molecule has 1 aliphatic heterocycles. The largest absolute Gasteiger partial charge is 0.298 e. The number of hydrogen-bond acceptors (Lipinski definition) is 4. The van der Waals surface area contributed by atoms with E-state index in [0.717, 1.165) is 54.9 Å². The number of fused-ring (bicyclic) bond motifs is 1. The van der Waals surface area contributed by atoms with Gasteiger partial charge >= 0.3 is 0 Å². The molecule has 1 saturated heterocycles. The zero-order valence-electron chi connectivity index (χ0n) is 18.8. The maximum absolute atomic E-state index is 13.6. The van der Waals surface area contributed by atoms with E-state index >= 15 is 0 Å². The molecule has 0 amide bonds. The molecule has 5 nitrogen and oxygen atoms in total. The molecule has 2 aromatic heterocycles. The zero-order valence-corrected chi connectivity index (χ0v) is 18.8. The summed E-state index contributed by atoms with van der Waals surface area (Å²) in [5, 5.41) is 4.42. The van der Waals surface area contributed by atoms with Crippen LogP contribution >= 0.6 is 0 Å². The van der Waals surface area contributed by atoms with Crippen molar-refractivity contribution in [2.24, 2.45) is 0 Å². The minimum Gasteiger partial charge on any atom is -0.298 e. The Balaban J connectivity index is 1.40. The number of nitrogens with zero attached hydrogens (tertiary/aromatic N) is 5. The van der Waals surface area contributed by atoms with Crippen molar-refractivity contribution in [3.05, 3.63) is 82.7 Å². The molecule has 164 valence electrons. The molecule has 32 heavy (non-hydrogen) atoms. The second-order valence-electron chi connectivity index (χ2n) is 8.97. The van der Waals surface area contributed by atoms with Crippen LogP contribution in [0.4, 0.5) is 4.39 Å². The van der Waals surface area contributed by atoms with E-state index in [4.69, 9.17) is 0 Å². The molecule has 2 aromatic carbocycles. The Kier molecular flexibility index (Phi) is 5.47. The second kappa shape index (κ2) is 8.43. The summed E-state index contributed by atoms with van der Waals surface area (Å²) in [6.45, 7) is 9.13. The Bertz CT molecular complexity index is 1280. The molecule has 0 radical (unpaired) electrons. The lowest BCUT2D eigenvalue weighted by Crippen LogP contribution is -2.35. The fourth-order valence-corrected chi connectivity index (χ4v) is 4.89. The van der Waals surface area contributed by atoms with Crippen LogP contribution in [0.15, 0.2) is 48.8 Å². The molecular weight excluding hydrogens is 401 g/mol. The van der Waals surface area contributed by atoms with Gasteiger partial charge in [-0.05, 0) is 92.2 Å². The Morgan fingerprint density at radius 2 is 1.91 bits per heavy atom. The molecule has 3 heterocycles. The zero-order chi connectivity index (χ0) is 22.2. The van der Waals surface area contributed by atoms with Gasteiger partial charge in [-0.2, -0.15) is 10.1 Å². The van der Waals surface area contributed by atoms with Gasteiger partial charge in [0.05, 0.1) is 5.69 Å². The lowest BCUT2D eigenvalue weighted by Gasteiger charge is -2.33. The van der Waals surface area contributed by atoms with E-state index in [1.54, 1.807) is 18.5 Å². The predicted octanol–water partition coefficient (Wildman–Crippen LogP) is 5.24. The Morgan fingerprint density at radius 3 is 2.75 bits per heavy atom. The molecule has 1 aliphatic rings. The molecule has 0 spiro atoms. The van der Waals surface area contributed by atoms with Crippen LogP contribution in [0.2, 0.25) is 0 Å². The highest BCUT2D eigenvalue weighted by molar-refractivity contribution is 5.68. The first kappa shape index (κ1) is 20.8. The fraction of sp³-hybridized carbons (Fsp3) is 0.346. The van der Waals surface area contributed by atoms with Gasteiger partial charge in [0.1, 0.15) is 12.1 Å². The molecule has 0 N–H and O–H groups in total. The van der Waals surface area contributed by atoms with Crippen LogP contribution in [-0.4, -0.2) is 37.6 Å². The van der Waals surface area contributed by atoms with Crippen molar-refractivity contribution in [3.8, 4) is 11.1 Å². The molecule has 1 fully saturated rings. The number of likely N-dealkylation sites (tertiary alicyclic amines) is 1. The monoisotopic (exact) mass is 429 g/mol. The molecule has 4 aromatic rings. The summed E-state index contributed by atoms with van der Waals surface area (Å²) >= 11 is 0. The van der Waals surface area contributed by atoms with Crippen molar-refractivity contribution >= 4 is 5.78 Å². The van der Waals surface area contributed by atoms with Crippen LogP contribution in [-0.2, 0) is 6.54 Å². The fourth-order valence-electron chi connectivity index (χ4n) is 4.89. The number of rotatable bonds is 4. The minimum absolute atomic E-state index is 0.189. The summed E-state index contributed by atoms with van der Waals surface area (Å²) in [5.74, 6) is 0.888. The van der Waals surface area contributed by atoms with Crippen LogP contribution < -0.4 is 0 Å². The smallest absolute Gasteiger partial charge is 0.252 e. The van der Waals surface area contributed by atoms with Gasteiger partial charge in [0.15, 0.2) is 0 Å². The average molecular weight is 430 g/mol. The second-order valence-corrected chi connectivity index (χ2v) is 8.97. The molecule has 0 aliphatic carbocycles. The van der Waals surface area contributed by atoms with Gasteiger partial charge in [0.25, 0.3) is 5.78 Å². The van der Waals surface area contributed by atoms with Gasteiger partial charge in [-0.25, -0.2) is 13.9 Å². The summed E-state index contributed by atoms with van der Waals surface area (Å²) in [4.78, 5) is 11.3. The highest BCUT2D eigenvalue weighted by Gasteiger charge is 2.25.